The Bertz CT molecular complexity index is 716. The van der Waals surface area contributed by atoms with Gasteiger partial charge < -0.3 is 19.7 Å². The summed E-state index contributed by atoms with van der Waals surface area (Å²) in [7, 11) is 0. The van der Waals surface area contributed by atoms with E-state index in [4.69, 9.17) is 9.47 Å². The van der Waals surface area contributed by atoms with Crippen molar-refractivity contribution in [2.24, 2.45) is 52.3 Å². The Balaban J connectivity index is 1.27. The summed E-state index contributed by atoms with van der Waals surface area (Å²) < 4.78 is 13.3. The second-order valence-corrected chi connectivity index (χ2v) is 13.2. The lowest BCUT2D eigenvalue weighted by Gasteiger charge is -2.62. The molecule has 6 fully saturated rings. The summed E-state index contributed by atoms with van der Waals surface area (Å²) in [6, 6.07) is 0. The van der Waals surface area contributed by atoms with Gasteiger partial charge in [0.15, 0.2) is 5.79 Å². The molecule has 31 heavy (non-hydrogen) atoms. The smallest absolute Gasteiger partial charge is 0.171 e. The van der Waals surface area contributed by atoms with Gasteiger partial charge in [0.2, 0.25) is 0 Å². The van der Waals surface area contributed by atoms with Gasteiger partial charge in [-0.3, -0.25) is 0 Å². The molecule has 2 N–H and O–H groups in total. The predicted octanol–water partition coefficient (Wildman–Crippen LogP) is 4.76. The third-order valence-corrected chi connectivity index (χ3v) is 12.0. The lowest BCUT2D eigenvalue weighted by Crippen LogP contribution is -2.59. The van der Waals surface area contributed by atoms with Gasteiger partial charge in [0, 0.05) is 12.3 Å². The number of ether oxygens (including phenoxy) is 2. The molecule has 1 spiro atoms. The highest BCUT2D eigenvalue weighted by molar-refractivity contribution is 5.16. The Morgan fingerprint density at radius 2 is 1.68 bits per heavy atom. The third kappa shape index (κ3) is 2.74. The molecule has 4 aliphatic carbocycles. The van der Waals surface area contributed by atoms with Crippen molar-refractivity contribution in [3.05, 3.63) is 0 Å². The molecule has 6 aliphatic rings. The molecule has 6 rings (SSSR count). The molecular formula is C27H44O4. The molecule has 4 saturated carbocycles. The number of hydrogen-bond acceptors (Lipinski definition) is 4. The number of aliphatic hydroxyl groups is 2. The average molecular weight is 433 g/mol. The second kappa shape index (κ2) is 6.93. The number of rotatable bonds is 0. The fraction of sp³-hybridized carbons (Fsp3) is 1.00. The highest BCUT2D eigenvalue weighted by atomic mass is 16.7. The molecular weight excluding hydrogens is 388 g/mol. The SMILES string of the molecule is C[C@H]1CCC2(OC1)O[C@H]1C[C@H]3[C@@H]4CC[C@H]5C[C@@H](O)C[C@@H](O)[C@]5(C)[C@H]4CC[C@]3(C)[C@H]1[C@@H]2C. The molecule has 0 aromatic carbocycles. The summed E-state index contributed by atoms with van der Waals surface area (Å²) >= 11 is 0. The Morgan fingerprint density at radius 3 is 2.42 bits per heavy atom. The van der Waals surface area contributed by atoms with Crippen LogP contribution >= 0.6 is 0 Å². The molecule has 2 heterocycles. The number of aliphatic hydroxyl groups excluding tert-OH is 2. The summed E-state index contributed by atoms with van der Waals surface area (Å²) in [5, 5.41) is 21.5. The monoisotopic (exact) mass is 432 g/mol. The van der Waals surface area contributed by atoms with Crippen LogP contribution < -0.4 is 0 Å². The lowest BCUT2D eigenvalue weighted by molar-refractivity contribution is -0.273. The largest absolute Gasteiger partial charge is 0.393 e. The van der Waals surface area contributed by atoms with Gasteiger partial charge in [-0.1, -0.05) is 27.7 Å². The molecule has 0 radical (unpaired) electrons. The molecule has 1 unspecified atom stereocenters. The van der Waals surface area contributed by atoms with E-state index in [1.807, 2.05) is 0 Å². The van der Waals surface area contributed by atoms with E-state index in [2.05, 4.69) is 27.7 Å². The van der Waals surface area contributed by atoms with Crippen LogP contribution in [-0.4, -0.2) is 40.9 Å². The molecule has 0 aromatic rings. The zero-order valence-corrected chi connectivity index (χ0v) is 20.1. The van der Waals surface area contributed by atoms with Gasteiger partial charge in [-0.05, 0) is 97.7 Å². The second-order valence-electron chi connectivity index (χ2n) is 13.2. The van der Waals surface area contributed by atoms with E-state index in [1.54, 1.807) is 0 Å². The van der Waals surface area contributed by atoms with Crippen LogP contribution in [0.1, 0.15) is 85.5 Å². The summed E-state index contributed by atoms with van der Waals surface area (Å²) in [6.45, 7) is 10.5. The van der Waals surface area contributed by atoms with Crippen molar-refractivity contribution in [2.45, 2.75) is 110 Å². The minimum Gasteiger partial charge on any atom is -0.393 e. The van der Waals surface area contributed by atoms with Gasteiger partial charge in [0.05, 0.1) is 24.9 Å². The van der Waals surface area contributed by atoms with Crippen molar-refractivity contribution in [1.29, 1.82) is 0 Å². The van der Waals surface area contributed by atoms with Crippen LogP contribution in [0.25, 0.3) is 0 Å². The first-order valence-electron chi connectivity index (χ1n) is 13.4. The van der Waals surface area contributed by atoms with Gasteiger partial charge in [0.25, 0.3) is 0 Å². The van der Waals surface area contributed by atoms with E-state index in [1.165, 1.54) is 38.5 Å². The summed E-state index contributed by atoms with van der Waals surface area (Å²) in [5.41, 5.74) is 0.320. The summed E-state index contributed by atoms with van der Waals surface area (Å²) in [4.78, 5) is 0. The maximum atomic E-state index is 11.2. The van der Waals surface area contributed by atoms with E-state index >= 15 is 0 Å². The third-order valence-electron chi connectivity index (χ3n) is 12.0. The molecule has 2 saturated heterocycles. The predicted molar refractivity (Wildman–Crippen MR) is 119 cm³/mol. The molecule has 2 aliphatic heterocycles. The first kappa shape index (κ1) is 21.4. The first-order chi connectivity index (χ1) is 14.7. The maximum Gasteiger partial charge on any atom is 0.171 e. The molecule has 176 valence electrons. The Hall–Kier alpha value is -0.160. The number of hydrogen-bond donors (Lipinski definition) is 2. The van der Waals surface area contributed by atoms with Crippen molar-refractivity contribution in [3.63, 3.8) is 0 Å². The van der Waals surface area contributed by atoms with Crippen LogP contribution in [0.15, 0.2) is 0 Å². The first-order valence-corrected chi connectivity index (χ1v) is 13.4. The van der Waals surface area contributed by atoms with E-state index < -0.39 is 0 Å². The van der Waals surface area contributed by atoms with E-state index in [-0.39, 0.29) is 23.4 Å². The topological polar surface area (TPSA) is 58.9 Å². The van der Waals surface area contributed by atoms with Crippen LogP contribution in [0.5, 0.6) is 0 Å². The van der Waals surface area contributed by atoms with Crippen LogP contribution in [-0.2, 0) is 9.47 Å². The molecule has 4 nitrogen and oxygen atoms in total. The Kier molecular flexibility index (Phi) is 4.78. The van der Waals surface area contributed by atoms with E-state index in [0.29, 0.717) is 59.4 Å². The molecule has 0 aromatic heterocycles. The maximum absolute atomic E-state index is 11.2. The highest BCUT2D eigenvalue weighted by Crippen LogP contribution is 2.71. The van der Waals surface area contributed by atoms with Crippen LogP contribution in [0.4, 0.5) is 0 Å². The molecule has 0 bridgehead atoms. The van der Waals surface area contributed by atoms with E-state index in [0.717, 1.165) is 19.4 Å². The van der Waals surface area contributed by atoms with Crippen molar-refractivity contribution in [1.82, 2.24) is 0 Å². The Morgan fingerprint density at radius 1 is 0.871 bits per heavy atom. The molecule has 13 atom stereocenters. The van der Waals surface area contributed by atoms with E-state index in [9.17, 15) is 10.2 Å². The highest BCUT2D eigenvalue weighted by Gasteiger charge is 2.69. The van der Waals surface area contributed by atoms with Crippen molar-refractivity contribution in [3.8, 4) is 0 Å². The van der Waals surface area contributed by atoms with Gasteiger partial charge in [-0.2, -0.15) is 0 Å². The average Bonchev–Trinajstić information content (AvgIpc) is 3.16. The minimum absolute atomic E-state index is 0.0164. The zero-order chi connectivity index (χ0) is 21.8. The van der Waals surface area contributed by atoms with Crippen LogP contribution in [0.2, 0.25) is 0 Å². The zero-order valence-electron chi connectivity index (χ0n) is 20.1. The van der Waals surface area contributed by atoms with Gasteiger partial charge in [-0.25, -0.2) is 0 Å². The summed E-state index contributed by atoms with van der Waals surface area (Å²) in [6.07, 6.45) is 9.56. The van der Waals surface area contributed by atoms with Crippen molar-refractivity contribution in [2.75, 3.05) is 6.61 Å². The quantitative estimate of drug-likeness (QED) is 0.579. The Labute approximate surface area is 188 Å². The van der Waals surface area contributed by atoms with Crippen molar-refractivity contribution < 1.29 is 19.7 Å². The number of fused-ring (bicyclic) bond motifs is 7. The van der Waals surface area contributed by atoms with Crippen LogP contribution in [0, 0.1) is 52.3 Å². The van der Waals surface area contributed by atoms with Crippen molar-refractivity contribution >= 4 is 0 Å². The van der Waals surface area contributed by atoms with Crippen LogP contribution in [0.3, 0.4) is 0 Å². The molecule has 0 amide bonds. The molecule has 4 heteroatoms. The fourth-order valence-corrected chi connectivity index (χ4v) is 10.3. The van der Waals surface area contributed by atoms with Gasteiger partial charge in [0.1, 0.15) is 0 Å². The normalized spacial score (nSPS) is 63.3. The fourth-order valence-electron chi connectivity index (χ4n) is 10.3. The standard InChI is InChI=1S/C27H44O4/c1-15-7-10-27(30-14-15)16(2)24-22(31-27)13-21-19-6-5-17-11-18(28)12-23(29)26(17,4)20(19)8-9-25(21,24)3/h15-24,28-29H,5-14H2,1-4H3/t15-,16-,17-,18+,19+,20-,21-,22-,23+,24-,25-,26-,27?/m0/s1. The summed E-state index contributed by atoms with van der Waals surface area (Å²) in [5.74, 6) is 3.89. The van der Waals surface area contributed by atoms with Gasteiger partial charge in [-0.15, -0.1) is 0 Å². The lowest BCUT2D eigenvalue weighted by atomic mass is 9.43. The van der Waals surface area contributed by atoms with Gasteiger partial charge >= 0.3 is 0 Å². The minimum atomic E-state index is -0.351.